The number of nitrogen functional groups attached to an aromatic ring is 2. The van der Waals surface area contributed by atoms with Gasteiger partial charge < -0.3 is 11.5 Å². The highest BCUT2D eigenvalue weighted by molar-refractivity contribution is 14.1. The Balaban J connectivity index is 2.48. The summed E-state index contributed by atoms with van der Waals surface area (Å²) in [6.45, 7) is 0. The maximum atomic E-state index is 5.89. The van der Waals surface area contributed by atoms with Crippen LogP contribution in [0.1, 0.15) is 0 Å². The standard InChI is InChI=1S/C13H10IN3/c14-12-10(16)4-2-8-5-7-1-3-9(15)6-11(7)17-13(8)12/h1-6H,15-16H2. The predicted octanol–water partition coefficient (Wildman–Crippen LogP) is 3.16. The van der Waals surface area contributed by atoms with Gasteiger partial charge in [-0.15, -0.1) is 0 Å². The molecule has 3 aromatic rings. The second kappa shape index (κ2) is 3.73. The van der Waals surface area contributed by atoms with Gasteiger partial charge in [0.15, 0.2) is 0 Å². The maximum Gasteiger partial charge on any atom is 0.0863 e. The highest BCUT2D eigenvalue weighted by atomic mass is 127. The van der Waals surface area contributed by atoms with Crippen molar-refractivity contribution in [3.05, 3.63) is 40.0 Å². The number of hydrogen-bond donors (Lipinski definition) is 2. The first-order chi connectivity index (χ1) is 8.15. The van der Waals surface area contributed by atoms with Gasteiger partial charge in [0.1, 0.15) is 0 Å². The van der Waals surface area contributed by atoms with E-state index in [2.05, 4.69) is 33.6 Å². The van der Waals surface area contributed by atoms with Crippen molar-refractivity contribution in [2.45, 2.75) is 0 Å². The molecule has 0 radical (unpaired) electrons. The monoisotopic (exact) mass is 335 g/mol. The van der Waals surface area contributed by atoms with Crippen LogP contribution in [0.15, 0.2) is 36.4 Å². The summed E-state index contributed by atoms with van der Waals surface area (Å²) in [4.78, 5) is 4.63. The molecule has 0 bridgehead atoms. The summed E-state index contributed by atoms with van der Waals surface area (Å²) in [5.74, 6) is 0. The minimum absolute atomic E-state index is 0.725. The zero-order valence-electron chi connectivity index (χ0n) is 8.94. The van der Waals surface area contributed by atoms with Gasteiger partial charge in [0.05, 0.1) is 14.6 Å². The lowest BCUT2D eigenvalue weighted by Gasteiger charge is -2.06. The summed E-state index contributed by atoms with van der Waals surface area (Å²) >= 11 is 2.23. The van der Waals surface area contributed by atoms with Crippen molar-refractivity contribution in [3.63, 3.8) is 0 Å². The van der Waals surface area contributed by atoms with Crippen LogP contribution in [-0.4, -0.2) is 4.98 Å². The fourth-order valence-electron chi connectivity index (χ4n) is 1.89. The Morgan fingerprint density at radius 1 is 0.941 bits per heavy atom. The highest BCUT2D eigenvalue weighted by Crippen LogP contribution is 2.27. The van der Waals surface area contributed by atoms with Crippen molar-refractivity contribution in [2.75, 3.05) is 11.5 Å². The van der Waals surface area contributed by atoms with Gasteiger partial charge in [-0.2, -0.15) is 0 Å². The molecule has 3 nitrogen and oxygen atoms in total. The van der Waals surface area contributed by atoms with Gasteiger partial charge in [0, 0.05) is 22.1 Å². The zero-order valence-corrected chi connectivity index (χ0v) is 11.1. The molecule has 0 aliphatic heterocycles. The van der Waals surface area contributed by atoms with Gasteiger partial charge in [0.25, 0.3) is 0 Å². The zero-order chi connectivity index (χ0) is 12.0. The maximum absolute atomic E-state index is 5.89. The summed E-state index contributed by atoms with van der Waals surface area (Å²) in [6.07, 6.45) is 0. The van der Waals surface area contributed by atoms with Gasteiger partial charge in [-0.05, 0) is 46.9 Å². The fraction of sp³-hybridized carbons (Fsp3) is 0. The molecule has 2 aromatic carbocycles. The van der Waals surface area contributed by atoms with E-state index in [0.717, 1.165) is 36.8 Å². The summed E-state index contributed by atoms with van der Waals surface area (Å²) in [7, 11) is 0. The van der Waals surface area contributed by atoms with Crippen molar-refractivity contribution in [2.24, 2.45) is 0 Å². The molecule has 0 unspecified atom stereocenters. The van der Waals surface area contributed by atoms with E-state index in [1.165, 1.54) is 0 Å². The number of halogens is 1. The molecule has 0 saturated carbocycles. The number of anilines is 2. The molecule has 1 aromatic heterocycles. The van der Waals surface area contributed by atoms with Crippen LogP contribution in [0.5, 0.6) is 0 Å². The average molecular weight is 335 g/mol. The lowest BCUT2D eigenvalue weighted by Crippen LogP contribution is -1.93. The number of rotatable bonds is 0. The van der Waals surface area contributed by atoms with E-state index >= 15 is 0 Å². The number of aromatic nitrogens is 1. The summed E-state index contributed by atoms with van der Waals surface area (Å²) in [6, 6.07) is 11.8. The molecule has 0 fully saturated rings. The van der Waals surface area contributed by atoms with Gasteiger partial charge in [-0.25, -0.2) is 4.98 Å². The van der Waals surface area contributed by atoms with Crippen molar-refractivity contribution in [3.8, 4) is 0 Å². The predicted molar refractivity (Wildman–Crippen MR) is 80.8 cm³/mol. The van der Waals surface area contributed by atoms with Gasteiger partial charge in [0.2, 0.25) is 0 Å². The molecule has 17 heavy (non-hydrogen) atoms. The minimum Gasteiger partial charge on any atom is -0.399 e. The quantitative estimate of drug-likeness (QED) is 0.377. The molecule has 0 saturated heterocycles. The number of fused-ring (bicyclic) bond motifs is 2. The Kier molecular flexibility index (Phi) is 2.32. The first-order valence-electron chi connectivity index (χ1n) is 5.19. The summed E-state index contributed by atoms with van der Waals surface area (Å²) in [5, 5.41) is 2.19. The van der Waals surface area contributed by atoms with Crippen LogP contribution < -0.4 is 11.5 Å². The van der Waals surface area contributed by atoms with Crippen LogP contribution in [0.25, 0.3) is 21.8 Å². The van der Waals surface area contributed by atoms with E-state index < -0.39 is 0 Å². The molecule has 0 aliphatic rings. The van der Waals surface area contributed by atoms with Gasteiger partial charge >= 0.3 is 0 Å². The van der Waals surface area contributed by atoms with Crippen LogP contribution in [0.2, 0.25) is 0 Å². The second-order valence-corrected chi connectivity index (χ2v) is 5.06. The summed E-state index contributed by atoms with van der Waals surface area (Å²) < 4.78 is 0.990. The molecule has 84 valence electrons. The first-order valence-corrected chi connectivity index (χ1v) is 6.27. The number of pyridine rings is 1. The SMILES string of the molecule is Nc1ccc2cc3ccc(N)c(I)c3nc2c1. The molecule has 0 aliphatic carbocycles. The van der Waals surface area contributed by atoms with E-state index in [0.29, 0.717) is 0 Å². The Morgan fingerprint density at radius 2 is 1.71 bits per heavy atom. The molecule has 0 amide bonds. The number of nitrogens with zero attached hydrogens (tertiary/aromatic N) is 1. The fourth-order valence-corrected chi connectivity index (χ4v) is 2.50. The molecule has 4 heteroatoms. The molecule has 0 atom stereocenters. The van der Waals surface area contributed by atoms with E-state index in [9.17, 15) is 0 Å². The number of hydrogen-bond acceptors (Lipinski definition) is 3. The average Bonchev–Trinajstić information content (AvgIpc) is 2.32. The van der Waals surface area contributed by atoms with Crippen molar-refractivity contribution >= 4 is 55.8 Å². The summed E-state index contributed by atoms with van der Waals surface area (Å²) in [5.41, 5.74) is 15.0. The third-order valence-electron chi connectivity index (χ3n) is 2.77. The number of benzene rings is 2. The largest absolute Gasteiger partial charge is 0.399 e. The second-order valence-electron chi connectivity index (χ2n) is 3.98. The van der Waals surface area contributed by atoms with E-state index in [-0.39, 0.29) is 0 Å². The Hall–Kier alpha value is -1.56. The number of nitrogens with two attached hydrogens (primary N) is 2. The molecule has 0 spiro atoms. The van der Waals surface area contributed by atoms with E-state index in [1.807, 2.05) is 30.3 Å². The molecule has 4 N–H and O–H groups in total. The third kappa shape index (κ3) is 1.68. The third-order valence-corrected chi connectivity index (χ3v) is 3.91. The molecule has 1 heterocycles. The highest BCUT2D eigenvalue weighted by Gasteiger charge is 2.06. The van der Waals surface area contributed by atoms with Crippen LogP contribution in [0, 0.1) is 3.57 Å². The Morgan fingerprint density at radius 3 is 2.53 bits per heavy atom. The van der Waals surface area contributed by atoms with Gasteiger partial charge in [-0.3, -0.25) is 0 Å². The molecular formula is C13H10IN3. The van der Waals surface area contributed by atoms with Crippen LogP contribution in [0.4, 0.5) is 11.4 Å². The van der Waals surface area contributed by atoms with E-state index in [1.54, 1.807) is 0 Å². The van der Waals surface area contributed by atoms with Crippen molar-refractivity contribution in [1.82, 2.24) is 4.98 Å². The lowest BCUT2D eigenvalue weighted by atomic mass is 10.1. The van der Waals surface area contributed by atoms with Crippen molar-refractivity contribution in [1.29, 1.82) is 0 Å². The molecular weight excluding hydrogens is 325 g/mol. The van der Waals surface area contributed by atoms with Crippen LogP contribution >= 0.6 is 22.6 Å². The smallest absolute Gasteiger partial charge is 0.0863 e. The molecule has 3 rings (SSSR count). The van der Waals surface area contributed by atoms with Gasteiger partial charge in [-0.1, -0.05) is 12.1 Å². The normalized spacial score (nSPS) is 11.1. The van der Waals surface area contributed by atoms with Crippen molar-refractivity contribution < 1.29 is 0 Å². The first kappa shape index (κ1) is 10.6. The topological polar surface area (TPSA) is 64.9 Å². The Bertz CT molecular complexity index is 737. The Labute approximate surface area is 112 Å². The van der Waals surface area contributed by atoms with Crippen LogP contribution in [-0.2, 0) is 0 Å². The lowest BCUT2D eigenvalue weighted by molar-refractivity contribution is 1.48. The minimum atomic E-state index is 0.725. The van der Waals surface area contributed by atoms with Crippen LogP contribution in [0.3, 0.4) is 0 Å². The van der Waals surface area contributed by atoms with E-state index in [4.69, 9.17) is 11.5 Å².